The van der Waals surface area contributed by atoms with Crippen LogP contribution in [-0.4, -0.2) is 15.3 Å². The molecular formula is C9H15N3S. The van der Waals surface area contributed by atoms with E-state index >= 15 is 0 Å². The second-order valence-corrected chi connectivity index (χ2v) is 3.62. The fourth-order valence-corrected chi connectivity index (χ4v) is 1.57. The number of aromatic nitrogens is 2. The maximum Gasteiger partial charge on any atom is 0.0954 e. The van der Waals surface area contributed by atoms with Crippen molar-refractivity contribution >= 4 is 11.7 Å². The van der Waals surface area contributed by atoms with E-state index in [1.165, 1.54) is 11.7 Å². The van der Waals surface area contributed by atoms with Gasteiger partial charge in [-0.15, -0.1) is 0 Å². The third-order valence-electron chi connectivity index (χ3n) is 1.77. The number of nitrogens with zero attached hydrogens (tertiary/aromatic N) is 2. The summed E-state index contributed by atoms with van der Waals surface area (Å²) in [4.78, 5) is 0. The largest absolute Gasteiger partial charge is 0.305 e. The molecule has 1 N–H and O–H groups in total. The van der Waals surface area contributed by atoms with Gasteiger partial charge in [0.2, 0.25) is 0 Å². The molecule has 1 aromatic rings. The maximum atomic E-state index is 4.20. The molecule has 72 valence electrons. The van der Waals surface area contributed by atoms with Crippen molar-refractivity contribution in [3.05, 3.63) is 24.0 Å². The van der Waals surface area contributed by atoms with Gasteiger partial charge in [0.25, 0.3) is 0 Å². The van der Waals surface area contributed by atoms with Crippen LogP contribution < -0.4 is 5.32 Å². The molecule has 0 aromatic carbocycles. The first-order valence-corrected chi connectivity index (χ1v) is 5.15. The Kier molecular flexibility index (Phi) is 4.05. The van der Waals surface area contributed by atoms with Crippen LogP contribution in [0.25, 0.3) is 0 Å². The maximum absolute atomic E-state index is 4.20. The van der Waals surface area contributed by atoms with Crippen LogP contribution in [0.15, 0.2) is 18.3 Å². The van der Waals surface area contributed by atoms with Gasteiger partial charge in [0, 0.05) is 0 Å². The van der Waals surface area contributed by atoms with Crippen LogP contribution in [0.2, 0.25) is 0 Å². The molecule has 4 heteroatoms. The molecule has 0 amide bonds. The van der Waals surface area contributed by atoms with Crippen LogP contribution >= 0.6 is 11.7 Å². The summed E-state index contributed by atoms with van der Waals surface area (Å²) in [5.41, 5.74) is 2.06. The van der Waals surface area contributed by atoms with Crippen LogP contribution in [0.1, 0.15) is 32.0 Å². The van der Waals surface area contributed by atoms with Crippen molar-refractivity contribution in [2.45, 2.75) is 26.3 Å². The second kappa shape index (κ2) is 5.09. The molecule has 3 nitrogen and oxygen atoms in total. The summed E-state index contributed by atoms with van der Waals surface area (Å²) >= 11 is 1.24. The molecule has 13 heavy (non-hydrogen) atoms. The lowest BCUT2D eigenvalue weighted by atomic mass is 10.1. The Labute approximate surface area is 83.2 Å². The van der Waals surface area contributed by atoms with E-state index in [1.54, 1.807) is 6.20 Å². The molecule has 1 atom stereocenters. The molecule has 0 aliphatic carbocycles. The Morgan fingerprint density at radius 3 is 3.00 bits per heavy atom. The van der Waals surface area contributed by atoms with Gasteiger partial charge in [-0.1, -0.05) is 19.1 Å². The minimum Gasteiger partial charge on any atom is -0.305 e. The lowest BCUT2D eigenvalue weighted by molar-refractivity contribution is 0.582. The Hall–Kier alpha value is -0.740. The van der Waals surface area contributed by atoms with Crippen molar-refractivity contribution in [3.63, 3.8) is 0 Å². The predicted octanol–water partition coefficient (Wildman–Crippen LogP) is 2.15. The molecule has 1 rings (SSSR count). The van der Waals surface area contributed by atoms with Crippen LogP contribution in [-0.2, 0) is 0 Å². The fourth-order valence-electron chi connectivity index (χ4n) is 1.12. The van der Waals surface area contributed by atoms with Crippen molar-refractivity contribution in [1.82, 2.24) is 14.1 Å². The lowest BCUT2D eigenvalue weighted by Gasteiger charge is -2.15. The number of nitrogens with one attached hydrogen (secondary N) is 1. The van der Waals surface area contributed by atoms with Crippen LogP contribution in [0.5, 0.6) is 0 Å². The summed E-state index contributed by atoms with van der Waals surface area (Å²) in [5, 5.41) is 3.38. The molecule has 0 saturated carbocycles. The molecule has 0 spiro atoms. The topological polar surface area (TPSA) is 37.8 Å². The van der Waals surface area contributed by atoms with Crippen molar-refractivity contribution in [3.8, 4) is 0 Å². The SMILES string of the molecule is C=C(C)C(NCCC)c1cnsn1. The van der Waals surface area contributed by atoms with Gasteiger partial charge in [-0.25, -0.2) is 0 Å². The first-order valence-electron chi connectivity index (χ1n) is 4.42. The number of hydrogen-bond acceptors (Lipinski definition) is 4. The third kappa shape index (κ3) is 2.90. The fraction of sp³-hybridized carbons (Fsp3) is 0.556. The van der Waals surface area contributed by atoms with Gasteiger partial charge in [-0.2, -0.15) is 8.75 Å². The lowest BCUT2D eigenvalue weighted by Crippen LogP contribution is -2.22. The first kappa shape index (κ1) is 10.3. The van der Waals surface area contributed by atoms with Gasteiger partial charge in [0.05, 0.1) is 29.7 Å². The van der Waals surface area contributed by atoms with Crippen molar-refractivity contribution in [2.75, 3.05) is 6.54 Å². The summed E-state index contributed by atoms with van der Waals surface area (Å²) in [5.74, 6) is 0. The van der Waals surface area contributed by atoms with Crippen molar-refractivity contribution in [2.24, 2.45) is 0 Å². The van der Waals surface area contributed by atoms with E-state index in [9.17, 15) is 0 Å². The highest BCUT2D eigenvalue weighted by atomic mass is 32.1. The normalized spacial score (nSPS) is 12.8. The zero-order valence-corrected chi connectivity index (χ0v) is 8.90. The Morgan fingerprint density at radius 2 is 2.54 bits per heavy atom. The van der Waals surface area contributed by atoms with Crippen LogP contribution in [0.4, 0.5) is 0 Å². The van der Waals surface area contributed by atoms with E-state index in [4.69, 9.17) is 0 Å². The van der Waals surface area contributed by atoms with Gasteiger partial charge in [-0.3, -0.25) is 0 Å². The van der Waals surface area contributed by atoms with E-state index in [0.717, 1.165) is 24.2 Å². The Balaban J connectivity index is 2.63. The van der Waals surface area contributed by atoms with E-state index in [2.05, 4.69) is 27.6 Å². The molecule has 0 bridgehead atoms. The van der Waals surface area contributed by atoms with E-state index in [-0.39, 0.29) is 6.04 Å². The minimum absolute atomic E-state index is 0.165. The van der Waals surface area contributed by atoms with Gasteiger partial charge >= 0.3 is 0 Å². The van der Waals surface area contributed by atoms with Gasteiger partial charge < -0.3 is 5.32 Å². The molecule has 0 aliphatic heterocycles. The zero-order valence-electron chi connectivity index (χ0n) is 8.08. The predicted molar refractivity (Wildman–Crippen MR) is 55.8 cm³/mol. The monoisotopic (exact) mass is 197 g/mol. The second-order valence-electron chi connectivity index (χ2n) is 3.07. The standard InChI is InChI=1S/C9H15N3S/c1-4-5-10-9(7(2)3)8-6-11-13-12-8/h6,9-10H,2,4-5H2,1,3H3. The summed E-state index contributed by atoms with van der Waals surface area (Å²) in [6.45, 7) is 9.07. The molecule has 0 fully saturated rings. The molecule has 1 heterocycles. The quantitative estimate of drug-likeness (QED) is 0.735. The smallest absolute Gasteiger partial charge is 0.0954 e. The molecule has 1 aromatic heterocycles. The Bertz CT molecular complexity index is 256. The highest BCUT2D eigenvalue weighted by Crippen LogP contribution is 2.17. The van der Waals surface area contributed by atoms with E-state index in [1.807, 2.05) is 6.92 Å². The van der Waals surface area contributed by atoms with Crippen LogP contribution in [0.3, 0.4) is 0 Å². The van der Waals surface area contributed by atoms with Gasteiger partial charge in [0.1, 0.15) is 0 Å². The minimum atomic E-state index is 0.165. The summed E-state index contributed by atoms with van der Waals surface area (Å²) in [6.07, 6.45) is 2.91. The summed E-state index contributed by atoms with van der Waals surface area (Å²) < 4.78 is 8.18. The van der Waals surface area contributed by atoms with Crippen molar-refractivity contribution < 1.29 is 0 Å². The number of rotatable bonds is 5. The average molecular weight is 197 g/mol. The van der Waals surface area contributed by atoms with Crippen LogP contribution in [0, 0.1) is 0 Å². The molecule has 1 unspecified atom stereocenters. The molecule has 0 saturated heterocycles. The third-order valence-corrected chi connectivity index (χ3v) is 2.26. The summed E-state index contributed by atoms with van der Waals surface area (Å²) in [7, 11) is 0. The molecular weight excluding hydrogens is 182 g/mol. The molecule has 0 radical (unpaired) electrons. The highest BCUT2D eigenvalue weighted by Gasteiger charge is 2.13. The summed E-state index contributed by atoms with van der Waals surface area (Å²) in [6, 6.07) is 0.165. The van der Waals surface area contributed by atoms with E-state index < -0.39 is 0 Å². The Morgan fingerprint density at radius 1 is 1.77 bits per heavy atom. The first-order chi connectivity index (χ1) is 6.25. The van der Waals surface area contributed by atoms with Crippen molar-refractivity contribution in [1.29, 1.82) is 0 Å². The van der Waals surface area contributed by atoms with Gasteiger partial charge in [0.15, 0.2) is 0 Å². The molecule has 0 aliphatic rings. The average Bonchev–Trinajstić information content (AvgIpc) is 2.57. The zero-order chi connectivity index (χ0) is 9.68. The number of hydrogen-bond donors (Lipinski definition) is 1. The highest BCUT2D eigenvalue weighted by molar-refractivity contribution is 6.99. The van der Waals surface area contributed by atoms with Gasteiger partial charge in [-0.05, 0) is 19.9 Å². The van der Waals surface area contributed by atoms with E-state index in [0.29, 0.717) is 0 Å².